The molecule has 1 radical (unpaired) electrons. The van der Waals surface area contributed by atoms with Crippen LogP contribution in [0, 0.1) is 6.42 Å². The molecule has 1 aliphatic heterocycles. The van der Waals surface area contributed by atoms with E-state index in [4.69, 9.17) is 9.47 Å². The van der Waals surface area contributed by atoms with E-state index in [1.807, 2.05) is 24.3 Å². The molecule has 0 amide bonds. The highest BCUT2D eigenvalue weighted by Crippen LogP contribution is 2.45. The number of carbonyl (C=O) groups is 2. The summed E-state index contributed by atoms with van der Waals surface area (Å²) in [6.07, 6.45) is 2.70. The van der Waals surface area contributed by atoms with Crippen molar-refractivity contribution in [3.63, 3.8) is 0 Å². The van der Waals surface area contributed by atoms with Gasteiger partial charge in [0.1, 0.15) is 23.7 Å². The zero-order chi connectivity index (χ0) is 40.0. The van der Waals surface area contributed by atoms with Crippen molar-refractivity contribution in [2.24, 2.45) is 0 Å². The van der Waals surface area contributed by atoms with Crippen molar-refractivity contribution in [1.82, 2.24) is 4.90 Å². The van der Waals surface area contributed by atoms with Gasteiger partial charge in [0.05, 0.1) is 0 Å². The van der Waals surface area contributed by atoms with Crippen LogP contribution in [0.25, 0.3) is 0 Å². The lowest BCUT2D eigenvalue weighted by Gasteiger charge is -2.55. The summed E-state index contributed by atoms with van der Waals surface area (Å²) in [6, 6.07) is 8.05. The Morgan fingerprint density at radius 1 is 0.750 bits per heavy atom. The molecule has 0 saturated carbocycles. The smallest absolute Gasteiger partial charge is 0.306 e. The molecule has 291 valence electrons. The quantitative estimate of drug-likeness (QED) is 0.249. The molecule has 7 nitrogen and oxygen atoms in total. The van der Waals surface area contributed by atoms with Gasteiger partial charge in [0.25, 0.3) is 0 Å². The summed E-state index contributed by atoms with van der Waals surface area (Å²) in [6.45, 7) is 35.8. The number of benzene rings is 2. The third-order valence-corrected chi connectivity index (χ3v) is 10.4. The van der Waals surface area contributed by atoms with E-state index in [1.54, 1.807) is 6.92 Å². The van der Waals surface area contributed by atoms with Crippen LogP contribution in [0.3, 0.4) is 0 Å². The summed E-state index contributed by atoms with van der Waals surface area (Å²) >= 11 is 0. The first-order valence-electron chi connectivity index (χ1n) is 19.2. The summed E-state index contributed by atoms with van der Waals surface area (Å²) < 4.78 is 12.4. The van der Waals surface area contributed by atoms with Gasteiger partial charge in [-0.1, -0.05) is 102 Å². The van der Waals surface area contributed by atoms with Gasteiger partial charge in [-0.3, -0.25) is 14.5 Å². The Kier molecular flexibility index (Phi) is 12.5. The van der Waals surface area contributed by atoms with Crippen molar-refractivity contribution < 1.29 is 29.3 Å². The van der Waals surface area contributed by atoms with Crippen LogP contribution in [0.2, 0.25) is 0 Å². The maximum atomic E-state index is 13.4. The molecule has 2 atom stereocenters. The van der Waals surface area contributed by atoms with E-state index >= 15 is 0 Å². The highest BCUT2D eigenvalue weighted by Gasteiger charge is 2.48. The van der Waals surface area contributed by atoms with Gasteiger partial charge in [-0.05, 0) is 101 Å². The van der Waals surface area contributed by atoms with Crippen LogP contribution in [-0.2, 0) is 47.1 Å². The Labute approximate surface area is 315 Å². The number of carbonyl (C=O) groups excluding carboxylic acids is 2. The molecular formula is C45H70NO6. The van der Waals surface area contributed by atoms with E-state index in [1.165, 1.54) is 0 Å². The number of likely N-dealkylation sites (tertiary alicyclic amines) is 1. The molecule has 2 aromatic carbocycles. The molecule has 0 aromatic heterocycles. The SMILES string of the molecule is CCC(=O)OC(CN1C(C)(C)[CH]C(OC(=O)CCc2cc(C(C)(C)C)c(O)c(C(C)(C)C)c2)CC1(C)C)c1cc(C(C)(C)C)c(O)c(C(C)(C)C)c1. The van der Waals surface area contributed by atoms with Crippen molar-refractivity contribution in [3.05, 3.63) is 64.1 Å². The standard InChI is InChI=1S/C45H70NO6/c1-18-36(47)52-35(29-23-33(42(8,9)10)39(50)34(24-29)43(11,12)13)27-46-44(14,15)25-30(26-45(46,16)17)51-37(48)20-19-28-21-31(40(2,3)4)38(49)32(22-28)41(5,6)7/h21-25,30,35,49-50H,18-20,26-27H2,1-17H3. The second kappa shape index (κ2) is 15.0. The Bertz CT molecular complexity index is 1520. The number of hydrogen-bond acceptors (Lipinski definition) is 7. The van der Waals surface area contributed by atoms with Gasteiger partial charge in [-0.15, -0.1) is 0 Å². The highest BCUT2D eigenvalue weighted by atomic mass is 16.5. The van der Waals surface area contributed by atoms with Crippen LogP contribution in [0.4, 0.5) is 0 Å². The first-order chi connectivity index (χ1) is 23.4. The number of aromatic hydroxyl groups is 2. The molecule has 1 heterocycles. The number of ether oxygens (including phenoxy) is 2. The molecule has 0 spiro atoms. The zero-order valence-corrected chi connectivity index (χ0v) is 35.6. The van der Waals surface area contributed by atoms with Crippen LogP contribution in [-0.4, -0.2) is 50.8 Å². The normalized spacial score (nSPS) is 17.9. The number of esters is 2. The van der Waals surface area contributed by atoms with E-state index in [0.29, 0.717) is 25.1 Å². The van der Waals surface area contributed by atoms with E-state index in [0.717, 1.165) is 33.4 Å². The van der Waals surface area contributed by atoms with Gasteiger partial charge in [-0.25, -0.2) is 0 Å². The highest BCUT2D eigenvalue weighted by molar-refractivity contribution is 5.70. The van der Waals surface area contributed by atoms with Gasteiger partial charge in [0, 0.05) is 43.3 Å². The van der Waals surface area contributed by atoms with Crippen molar-refractivity contribution in [2.45, 2.75) is 188 Å². The molecule has 2 unspecified atom stereocenters. The summed E-state index contributed by atoms with van der Waals surface area (Å²) in [4.78, 5) is 28.7. The maximum absolute atomic E-state index is 13.4. The Morgan fingerprint density at radius 3 is 1.56 bits per heavy atom. The van der Waals surface area contributed by atoms with Crippen LogP contribution >= 0.6 is 0 Å². The average molecular weight is 721 g/mol. The second-order valence-corrected chi connectivity index (χ2v) is 20.3. The predicted molar refractivity (Wildman–Crippen MR) is 212 cm³/mol. The molecule has 2 N–H and O–H groups in total. The Morgan fingerprint density at radius 2 is 1.17 bits per heavy atom. The van der Waals surface area contributed by atoms with Crippen molar-refractivity contribution in [2.75, 3.05) is 6.54 Å². The molecule has 0 bridgehead atoms. The van der Waals surface area contributed by atoms with Crippen LogP contribution < -0.4 is 0 Å². The zero-order valence-electron chi connectivity index (χ0n) is 35.6. The van der Waals surface area contributed by atoms with Gasteiger partial charge in [0.2, 0.25) is 0 Å². The third-order valence-electron chi connectivity index (χ3n) is 10.4. The minimum Gasteiger partial charge on any atom is -0.507 e. The molecule has 2 aromatic rings. The molecule has 0 aliphatic carbocycles. The number of hydrogen-bond donors (Lipinski definition) is 2. The minimum atomic E-state index is -0.581. The molecule has 1 aliphatic rings. The van der Waals surface area contributed by atoms with Gasteiger partial charge < -0.3 is 19.7 Å². The van der Waals surface area contributed by atoms with E-state index in [9.17, 15) is 19.8 Å². The average Bonchev–Trinajstić information content (AvgIpc) is 2.94. The minimum absolute atomic E-state index is 0.231. The van der Waals surface area contributed by atoms with Gasteiger partial charge >= 0.3 is 11.9 Å². The predicted octanol–water partition coefficient (Wildman–Crippen LogP) is 10.3. The summed E-state index contributed by atoms with van der Waals surface area (Å²) in [5.74, 6) is 0.0791. The van der Waals surface area contributed by atoms with Crippen molar-refractivity contribution >= 4 is 11.9 Å². The van der Waals surface area contributed by atoms with Crippen LogP contribution in [0.5, 0.6) is 11.5 Å². The van der Waals surface area contributed by atoms with E-state index in [-0.39, 0.29) is 52.2 Å². The molecule has 1 saturated heterocycles. The number of phenols is 2. The third kappa shape index (κ3) is 10.3. The number of nitrogens with zero attached hydrogens (tertiary/aromatic N) is 1. The number of aryl methyl sites for hydroxylation is 1. The lowest BCUT2D eigenvalue weighted by Crippen LogP contribution is -2.63. The van der Waals surface area contributed by atoms with Gasteiger partial charge in [0.15, 0.2) is 0 Å². The van der Waals surface area contributed by atoms with E-state index < -0.39 is 23.3 Å². The topological polar surface area (TPSA) is 96.3 Å². The summed E-state index contributed by atoms with van der Waals surface area (Å²) in [5, 5.41) is 22.5. The largest absolute Gasteiger partial charge is 0.507 e. The Hall–Kier alpha value is -3.06. The monoisotopic (exact) mass is 721 g/mol. The van der Waals surface area contributed by atoms with Crippen molar-refractivity contribution in [1.29, 1.82) is 0 Å². The van der Waals surface area contributed by atoms with E-state index in [2.05, 4.69) is 122 Å². The first-order valence-corrected chi connectivity index (χ1v) is 19.2. The van der Waals surface area contributed by atoms with Crippen LogP contribution in [0.1, 0.15) is 176 Å². The molecule has 52 heavy (non-hydrogen) atoms. The molecule has 3 rings (SSSR count). The fourth-order valence-electron chi connectivity index (χ4n) is 7.61. The number of rotatable bonds is 9. The number of phenolic OH excluding ortho intramolecular Hbond substituents is 2. The lowest BCUT2D eigenvalue weighted by molar-refractivity contribution is -0.160. The first kappa shape index (κ1) is 43.3. The maximum Gasteiger partial charge on any atom is 0.306 e. The summed E-state index contributed by atoms with van der Waals surface area (Å²) in [7, 11) is 0. The molecule has 7 heteroatoms. The number of piperidine rings is 1. The van der Waals surface area contributed by atoms with Gasteiger partial charge in [-0.2, -0.15) is 0 Å². The molecule has 1 fully saturated rings. The van der Waals surface area contributed by atoms with Crippen LogP contribution in [0.15, 0.2) is 24.3 Å². The Balaban J connectivity index is 1.88. The molecular weight excluding hydrogens is 650 g/mol. The summed E-state index contributed by atoms with van der Waals surface area (Å²) in [5.41, 5.74) is 3.17. The fourth-order valence-corrected chi connectivity index (χ4v) is 7.61. The van der Waals surface area contributed by atoms with Crippen molar-refractivity contribution in [3.8, 4) is 11.5 Å². The fraction of sp³-hybridized carbons (Fsp3) is 0.667. The lowest BCUT2D eigenvalue weighted by atomic mass is 9.76. The second-order valence-electron chi connectivity index (χ2n) is 20.3.